The summed E-state index contributed by atoms with van der Waals surface area (Å²) in [4.78, 5) is 24.1. The molecule has 0 N–H and O–H groups in total. The van der Waals surface area contributed by atoms with Crippen LogP contribution in [0.4, 0.5) is 0 Å². The van der Waals surface area contributed by atoms with Crippen molar-refractivity contribution < 1.29 is 4.79 Å². The monoisotopic (exact) mass is 291 g/mol. The van der Waals surface area contributed by atoms with Gasteiger partial charge in [-0.2, -0.15) is 0 Å². The molecule has 4 nitrogen and oxygen atoms in total. The van der Waals surface area contributed by atoms with Crippen molar-refractivity contribution in [3.05, 3.63) is 48.0 Å². The first kappa shape index (κ1) is 13.2. The number of nitrogens with zero attached hydrogens (tertiary/aromatic N) is 3. The SMILES string of the molecule is O=C(c1cccc2nc3ccccc3nc12)N1CCCCC1. The molecular weight excluding hydrogens is 274 g/mol. The molecule has 22 heavy (non-hydrogen) atoms. The Kier molecular flexibility index (Phi) is 3.22. The lowest BCUT2D eigenvalue weighted by molar-refractivity contribution is 0.0726. The largest absolute Gasteiger partial charge is 0.339 e. The maximum atomic E-state index is 12.8. The van der Waals surface area contributed by atoms with Gasteiger partial charge in [0.2, 0.25) is 0 Å². The number of carbonyl (C=O) groups is 1. The van der Waals surface area contributed by atoms with Gasteiger partial charge >= 0.3 is 0 Å². The van der Waals surface area contributed by atoms with Crippen LogP contribution in [0, 0.1) is 0 Å². The molecule has 1 amide bonds. The van der Waals surface area contributed by atoms with E-state index in [1.807, 2.05) is 47.4 Å². The lowest BCUT2D eigenvalue weighted by Crippen LogP contribution is -2.35. The van der Waals surface area contributed by atoms with E-state index in [2.05, 4.69) is 9.97 Å². The number of hydrogen-bond donors (Lipinski definition) is 0. The van der Waals surface area contributed by atoms with Gasteiger partial charge in [-0.15, -0.1) is 0 Å². The maximum Gasteiger partial charge on any atom is 0.256 e. The molecule has 0 spiro atoms. The molecule has 0 bridgehead atoms. The Bertz CT molecular complexity index is 853. The lowest BCUT2D eigenvalue weighted by Gasteiger charge is -2.27. The highest BCUT2D eigenvalue weighted by molar-refractivity contribution is 6.06. The Morgan fingerprint density at radius 3 is 2.27 bits per heavy atom. The van der Waals surface area contributed by atoms with E-state index in [0.29, 0.717) is 11.1 Å². The van der Waals surface area contributed by atoms with Crippen LogP contribution >= 0.6 is 0 Å². The molecule has 0 atom stereocenters. The molecule has 1 fully saturated rings. The summed E-state index contributed by atoms with van der Waals surface area (Å²) in [6.07, 6.45) is 3.39. The van der Waals surface area contributed by atoms with Crippen molar-refractivity contribution in [2.24, 2.45) is 0 Å². The van der Waals surface area contributed by atoms with Gasteiger partial charge in [0.15, 0.2) is 0 Å². The van der Waals surface area contributed by atoms with Gasteiger partial charge in [0.1, 0.15) is 5.52 Å². The molecule has 4 heteroatoms. The molecule has 110 valence electrons. The normalized spacial score (nSPS) is 15.4. The van der Waals surface area contributed by atoms with Gasteiger partial charge < -0.3 is 4.90 Å². The smallest absolute Gasteiger partial charge is 0.256 e. The number of fused-ring (bicyclic) bond motifs is 2. The van der Waals surface area contributed by atoms with Crippen molar-refractivity contribution in [3.63, 3.8) is 0 Å². The van der Waals surface area contributed by atoms with E-state index in [9.17, 15) is 4.79 Å². The van der Waals surface area contributed by atoms with Crippen LogP contribution in [0.25, 0.3) is 22.1 Å². The predicted octanol–water partition coefficient (Wildman–Crippen LogP) is 3.41. The van der Waals surface area contributed by atoms with Crippen LogP contribution in [0.2, 0.25) is 0 Å². The van der Waals surface area contributed by atoms with E-state index in [4.69, 9.17) is 0 Å². The van der Waals surface area contributed by atoms with Crippen LogP contribution in [0.1, 0.15) is 29.6 Å². The standard InChI is InChI=1S/C18H17N3O/c22-18(21-11-4-1-5-12-21)13-7-6-10-16-17(13)20-15-9-3-2-8-14(15)19-16/h2-3,6-10H,1,4-5,11-12H2. The minimum absolute atomic E-state index is 0.0786. The van der Waals surface area contributed by atoms with Crippen molar-refractivity contribution in [1.29, 1.82) is 0 Å². The first-order valence-electron chi connectivity index (χ1n) is 7.78. The third-order valence-electron chi connectivity index (χ3n) is 4.24. The summed E-state index contributed by atoms with van der Waals surface area (Å²) in [7, 11) is 0. The number of carbonyl (C=O) groups excluding carboxylic acids is 1. The molecule has 4 rings (SSSR count). The van der Waals surface area contributed by atoms with Gasteiger partial charge in [-0.25, -0.2) is 9.97 Å². The first-order chi connectivity index (χ1) is 10.8. The summed E-state index contributed by atoms with van der Waals surface area (Å²) in [6.45, 7) is 1.69. The second kappa shape index (κ2) is 5.37. The number of para-hydroxylation sites is 3. The van der Waals surface area contributed by atoms with Gasteiger partial charge in [0, 0.05) is 13.1 Å². The molecule has 0 saturated carbocycles. The Balaban J connectivity index is 1.86. The second-order valence-corrected chi connectivity index (χ2v) is 5.74. The molecule has 3 aromatic rings. The van der Waals surface area contributed by atoms with Crippen molar-refractivity contribution in [1.82, 2.24) is 14.9 Å². The average Bonchev–Trinajstić information content (AvgIpc) is 2.59. The van der Waals surface area contributed by atoms with Crippen molar-refractivity contribution in [2.45, 2.75) is 19.3 Å². The molecule has 1 aromatic heterocycles. The van der Waals surface area contributed by atoms with Crippen molar-refractivity contribution in [3.8, 4) is 0 Å². The Morgan fingerprint density at radius 2 is 1.50 bits per heavy atom. The summed E-state index contributed by atoms with van der Waals surface area (Å²) < 4.78 is 0. The fourth-order valence-electron chi connectivity index (χ4n) is 3.08. The Hall–Kier alpha value is -2.49. The van der Waals surface area contributed by atoms with E-state index >= 15 is 0 Å². The van der Waals surface area contributed by atoms with Gasteiger partial charge in [0.05, 0.1) is 22.1 Å². The van der Waals surface area contributed by atoms with Crippen molar-refractivity contribution >= 4 is 28.0 Å². The van der Waals surface area contributed by atoms with Gasteiger partial charge in [-0.1, -0.05) is 18.2 Å². The second-order valence-electron chi connectivity index (χ2n) is 5.74. The third-order valence-corrected chi connectivity index (χ3v) is 4.24. The van der Waals surface area contributed by atoms with Crippen LogP contribution < -0.4 is 0 Å². The van der Waals surface area contributed by atoms with E-state index in [0.717, 1.165) is 42.5 Å². The molecule has 0 unspecified atom stereocenters. The average molecular weight is 291 g/mol. The highest BCUT2D eigenvalue weighted by Gasteiger charge is 2.21. The van der Waals surface area contributed by atoms with Crippen LogP contribution in [-0.4, -0.2) is 33.9 Å². The van der Waals surface area contributed by atoms with Gasteiger partial charge in [0.25, 0.3) is 5.91 Å². The maximum absolute atomic E-state index is 12.8. The van der Waals surface area contributed by atoms with Crippen LogP contribution in [0.3, 0.4) is 0 Å². The highest BCUT2D eigenvalue weighted by atomic mass is 16.2. The first-order valence-corrected chi connectivity index (χ1v) is 7.78. The molecular formula is C18H17N3O. The number of rotatable bonds is 1. The number of likely N-dealkylation sites (tertiary alicyclic amines) is 1. The van der Waals surface area contributed by atoms with E-state index in [1.165, 1.54) is 6.42 Å². The van der Waals surface area contributed by atoms with Gasteiger partial charge in [-0.05, 0) is 43.5 Å². The molecule has 0 aliphatic carbocycles. The molecule has 1 saturated heterocycles. The number of hydrogen-bond acceptors (Lipinski definition) is 3. The lowest BCUT2D eigenvalue weighted by atomic mass is 10.1. The Labute approximate surface area is 128 Å². The zero-order valence-electron chi connectivity index (χ0n) is 12.3. The summed E-state index contributed by atoms with van der Waals surface area (Å²) in [5, 5.41) is 0. The number of benzene rings is 2. The predicted molar refractivity (Wildman–Crippen MR) is 86.8 cm³/mol. The minimum Gasteiger partial charge on any atom is -0.339 e. The number of aromatic nitrogens is 2. The van der Waals surface area contributed by atoms with Crippen molar-refractivity contribution in [2.75, 3.05) is 13.1 Å². The number of amides is 1. The zero-order chi connectivity index (χ0) is 14.9. The van der Waals surface area contributed by atoms with E-state index in [1.54, 1.807) is 0 Å². The minimum atomic E-state index is 0.0786. The van der Waals surface area contributed by atoms with E-state index in [-0.39, 0.29) is 5.91 Å². The topological polar surface area (TPSA) is 46.1 Å². The summed E-state index contributed by atoms with van der Waals surface area (Å²) in [6, 6.07) is 13.4. The molecule has 0 radical (unpaired) electrons. The van der Waals surface area contributed by atoms with E-state index < -0.39 is 0 Å². The molecule has 2 heterocycles. The summed E-state index contributed by atoms with van der Waals surface area (Å²) >= 11 is 0. The van der Waals surface area contributed by atoms with Crippen LogP contribution in [0.5, 0.6) is 0 Å². The third kappa shape index (κ3) is 2.21. The fourth-order valence-corrected chi connectivity index (χ4v) is 3.08. The zero-order valence-corrected chi connectivity index (χ0v) is 12.3. The van der Waals surface area contributed by atoms with Crippen LogP contribution in [0.15, 0.2) is 42.5 Å². The summed E-state index contributed by atoms with van der Waals surface area (Å²) in [5.74, 6) is 0.0786. The van der Waals surface area contributed by atoms with Crippen LogP contribution in [-0.2, 0) is 0 Å². The molecule has 1 aliphatic rings. The quantitative estimate of drug-likeness (QED) is 0.645. The highest BCUT2D eigenvalue weighted by Crippen LogP contribution is 2.22. The molecule has 2 aromatic carbocycles. The Morgan fingerprint density at radius 1 is 0.818 bits per heavy atom. The fraction of sp³-hybridized carbons (Fsp3) is 0.278. The summed E-state index contributed by atoms with van der Waals surface area (Å²) in [5.41, 5.74) is 3.84. The van der Waals surface area contributed by atoms with Gasteiger partial charge in [-0.3, -0.25) is 4.79 Å². The number of piperidine rings is 1. The molecule has 1 aliphatic heterocycles.